The van der Waals surface area contributed by atoms with Gasteiger partial charge in [-0.05, 0) is 13.3 Å². The molecule has 0 radical (unpaired) electrons. The van der Waals surface area contributed by atoms with E-state index >= 15 is 0 Å². The monoisotopic (exact) mass is 198 g/mol. The second kappa shape index (κ2) is 5.12. The van der Waals surface area contributed by atoms with Gasteiger partial charge in [-0.15, -0.1) is 0 Å². The van der Waals surface area contributed by atoms with Gasteiger partial charge in [0.05, 0.1) is 18.3 Å². The lowest BCUT2D eigenvalue weighted by Gasteiger charge is -2.22. The predicted octanol–water partition coefficient (Wildman–Crippen LogP) is 1.32. The zero-order chi connectivity index (χ0) is 10.4. The van der Waals surface area contributed by atoms with E-state index in [0.29, 0.717) is 13.1 Å². The van der Waals surface area contributed by atoms with Gasteiger partial charge < -0.3 is 14.8 Å². The Balaban J connectivity index is 2.20. The molecule has 0 saturated carbocycles. The maximum Gasteiger partial charge on any atom is 0.180 e. The van der Waals surface area contributed by atoms with Crippen LogP contribution >= 0.6 is 0 Å². The van der Waals surface area contributed by atoms with E-state index in [1.807, 2.05) is 6.92 Å². The van der Waals surface area contributed by atoms with Crippen molar-refractivity contribution in [1.82, 2.24) is 10.3 Å². The van der Waals surface area contributed by atoms with Gasteiger partial charge in [0.25, 0.3) is 0 Å². The van der Waals surface area contributed by atoms with Crippen molar-refractivity contribution >= 4 is 0 Å². The first kappa shape index (κ1) is 11.2. The zero-order valence-electron chi connectivity index (χ0n) is 8.79. The number of rotatable bonds is 6. The van der Waals surface area contributed by atoms with Crippen molar-refractivity contribution < 1.29 is 9.52 Å². The third-order valence-electron chi connectivity index (χ3n) is 2.08. The fraction of sp³-hybridized carbons (Fsp3) is 0.700. The van der Waals surface area contributed by atoms with Crippen LogP contribution in [0.3, 0.4) is 0 Å². The average molecular weight is 198 g/mol. The van der Waals surface area contributed by atoms with Gasteiger partial charge in [0.1, 0.15) is 5.76 Å². The molecule has 0 aliphatic carbocycles. The Labute approximate surface area is 84.3 Å². The highest BCUT2D eigenvalue weighted by Crippen LogP contribution is 2.10. The van der Waals surface area contributed by atoms with Crippen molar-refractivity contribution in [2.75, 3.05) is 6.54 Å². The molecule has 0 aromatic carbocycles. The summed E-state index contributed by atoms with van der Waals surface area (Å²) in [6, 6.07) is 0. The lowest BCUT2D eigenvalue weighted by atomic mass is 10.0. The van der Waals surface area contributed by atoms with Gasteiger partial charge in [-0.3, -0.25) is 0 Å². The van der Waals surface area contributed by atoms with Crippen LogP contribution in [0, 0.1) is 0 Å². The van der Waals surface area contributed by atoms with E-state index in [9.17, 15) is 5.11 Å². The second-order valence-corrected chi connectivity index (χ2v) is 3.82. The van der Waals surface area contributed by atoms with E-state index < -0.39 is 5.60 Å². The molecule has 1 aromatic heterocycles. The van der Waals surface area contributed by atoms with Gasteiger partial charge in [0.2, 0.25) is 0 Å². The number of aromatic nitrogens is 1. The quantitative estimate of drug-likeness (QED) is 0.723. The first-order chi connectivity index (χ1) is 6.64. The van der Waals surface area contributed by atoms with E-state index in [2.05, 4.69) is 17.2 Å². The summed E-state index contributed by atoms with van der Waals surface area (Å²) in [7, 11) is 0. The minimum absolute atomic E-state index is 0.571. The molecule has 0 aliphatic heterocycles. The van der Waals surface area contributed by atoms with Crippen molar-refractivity contribution in [2.24, 2.45) is 0 Å². The van der Waals surface area contributed by atoms with Gasteiger partial charge in [0.15, 0.2) is 6.39 Å². The molecule has 14 heavy (non-hydrogen) atoms. The highest BCUT2D eigenvalue weighted by Gasteiger charge is 2.18. The SMILES string of the molecule is CCCC(C)(O)CNCc1cnco1. The Hall–Kier alpha value is -0.870. The van der Waals surface area contributed by atoms with Crippen molar-refractivity contribution in [3.8, 4) is 0 Å². The third kappa shape index (κ3) is 3.89. The van der Waals surface area contributed by atoms with Crippen molar-refractivity contribution in [2.45, 2.75) is 38.8 Å². The smallest absolute Gasteiger partial charge is 0.180 e. The van der Waals surface area contributed by atoms with E-state index in [0.717, 1.165) is 18.6 Å². The molecule has 1 aromatic rings. The number of hydrogen-bond donors (Lipinski definition) is 2. The molecule has 1 heterocycles. The Morgan fingerprint density at radius 1 is 1.64 bits per heavy atom. The van der Waals surface area contributed by atoms with Gasteiger partial charge in [-0.2, -0.15) is 0 Å². The van der Waals surface area contributed by atoms with Gasteiger partial charge in [0, 0.05) is 6.54 Å². The summed E-state index contributed by atoms with van der Waals surface area (Å²) in [6.45, 7) is 5.08. The van der Waals surface area contributed by atoms with Crippen molar-refractivity contribution in [3.05, 3.63) is 18.4 Å². The largest absolute Gasteiger partial charge is 0.447 e. The zero-order valence-corrected chi connectivity index (χ0v) is 8.79. The Bertz CT molecular complexity index is 245. The molecule has 80 valence electrons. The highest BCUT2D eigenvalue weighted by atomic mass is 16.3. The normalized spacial score (nSPS) is 15.4. The summed E-state index contributed by atoms with van der Waals surface area (Å²) in [4.78, 5) is 3.80. The lowest BCUT2D eigenvalue weighted by Crippen LogP contribution is -2.37. The van der Waals surface area contributed by atoms with Crippen molar-refractivity contribution in [1.29, 1.82) is 0 Å². The number of hydrogen-bond acceptors (Lipinski definition) is 4. The summed E-state index contributed by atoms with van der Waals surface area (Å²) < 4.78 is 5.05. The summed E-state index contributed by atoms with van der Waals surface area (Å²) in [5, 5.41) is 13.0. The molecule has 0 bridgehead atoms. The Morgan fingerprint density at radius 2 is 2.43 bits per heavy atom. The number of nitrogens with one attached hydrogen (secondary N) is 1. The molecular formula is C10H18N2O2. The van der Waals surface area contributed by atoms with Gasteiger partial charge >= 0.3 is 0 Å². The molecule has 0 fully saturated rings. The minimum atomic E-state index is -0.630. The van der Waals surface area contributed by atoms with Crippen LogP contribution in [0.5, 0.6) is 0 Å². The lowest BCUT2D eigenvalue weighted by molar-refractivity contribution is 0.0494. The van der Waals surface area contributed by atoms with Crippen LogP contribution in [-0.4, -0.2) is 22.2 Å². The predicted molar refractivity (Wildman–Crippen MR) is 53.7 cm³/mol. The molecular weight excluding hydrogens is 180 g/mol. The second-order valence-electron chi connectivity index (χ2n) is 3.82. The fourth-order valence-electron chi connectivity index (χ4n) is 1.41. The number of nitrogens with zero attached hydrogens (tertiary/aromatic N) is 1. The molecule has 4 nitrogen and oxygen atoms in total. The first-order valence-corrected chi connectivity index (χ1v) is 4.94. The summed E-state index contributed by atoms with van der Waals surface area (Å²) in [6.07, 6.45) is 4.86. The Morgan fingerprint density at radius 3 is 3.00 bits per heavy atom. The molecule has 1 unspecified atom stereocenters. The summed E-state index contributed by atoms with van der Waals surface area (Å²) in [5.41, 5.74) is -0.630. The summed E-state index contributed by atoms with van der Waals surface area (Å²) >= 11 is 0. The number of oxazole rings is 1. The average Bonchev–Trinajstić information content (AvgIpc) is 2.56. The van der Waals surface area contributed by atoms with E-state index in [-0.39, 0.29) is 0 Å². The minimum Gasteiger partial charge on any atom is -0.447 e. The Kier molecular flexibility index (Phi) is 4.10. The molecule has 0 aliphatic rings. The standard InChI is InChI=1S/C10H18N2O2/c1-3-4-10(2,13)7-11-5-9-6-12-8-14-9/h6,8,11,13H,3-5,7H2,1-2H3. The van der Waals surface area contributed by atoms with E-state index in [4.69, 9.17) is 4.42 Å². The summed E-state index contributed by atoms with van der Waals surface area (Å²) in [5.74, 6) is 0.789. The van der Waals surface area contributed by atoms with Crippen LogP contribution in [-0.2, 0) is 6.54 Å². The molecule has 4 heteroatoms. The maximum absolute atomic E-state index is 9.83. The molecule has 0 spiro atoms. The topological polar surface area (TPSA) is 58.3 Å². The van der Waals surface area contributed by atoms with Crippen LogP contribution in [0.4, 0.5) is 0 Å². The van der Waals surface area contributed by atoms with E-state index in [1.54, 1.807) is 6.20 Å². The van der Waals surface area contributed by atoms with E-state index in [1.165, 1.54) is 6.39 Å². The van der Waals surface area contributed by atoms with Crippen LogP contribution < -0.4 is 5.32 Å². The van der Waals surface area contributed by atoms with Crippen LogP contribution in [0.2, 0.25) is 0 Å². The van der Waals surface area contributed by atoms with Gasteiger partial charge in [-0.25, -0.2) is 4.98 Å². The number of aliphatic hydroxyl groups is 1. The molecule has 0 amide bonds. The first-order valence-electron chi connectivity index (χ1n) is 4.94. The molecule has 0 saturated heterocycles. The van der Waals surface area contributed by atoms with Crippen LogP contribution in [0.15, 0.2) is 17.0 Å². The third-order valence-corrected chi connectivity index (χ3v) is 2.08. The van der Waals surface area contributed by atoms with Crippen LogP contribution in [0.25, 0.3) is 0 Å². The van der Waals surface area contributed by atoms with Crippen molar-refractivity contribution in [3.63, 3.8) is 0 Å². The molecule has 1 rings (SSSR count). The molecule has 2 N–H and O–H groups in total. The maximum atomic E-state index is 9.83. The highest BCUT2D eigenvalue weighted by molar-refractivity contribution is 4.88. The van der Waals surface area contributed by atoms with Gasteiger partial charge in [-0.1, -0.05) is 13.3 Å². The van der Waals surface area contributed by atoms with Crippen LogP contribution in [0.1, 0.15) is 32.4 Å². The fourth-order valence-corrected chi connectivity index (χ4v) is 1.41. The molecule has 1 atom stereocenters.